The van der Waals surface area contributed by atoms with Gasteiger partial charge >= 0.3 is 0 Å². The maximum absolute atomic E-state index is 12.2. The van der Waals surface area contributed by atoms with Gasteiger partial charge in [0.15, 0.2) is 0 Å². The van der Waals surface area contributed by atoms with E-state index in [2.05, 4.69) is 27.4 Å². The Bertz CT molecular complexity index is 656. The van der Waals surface area contributed by atoms with Crippen molar-refractivity contribution < 1.29 is 9.32 Å². The first-order chi connectivity index (χ1) is 11.8. The Labute approximate surface area is 142 Å². The third-order valence-corrected chi connectivity index (χ3v) is 4.75. The highest BCUT2D eigenvalue weighted by molar-refractivity contribution is 5.76. The van der Waals surface area contributed by atoms with Crippen LogP contribution < -0.4 is 5.32 Å². The first kappa shape index (κ1) is 16.6. The van der Waals surface area contributed by atoms with Gasteiger partial charge in [-0.1, -0.05) is 31.3 Å². The number of carbonyl (C=O) groups excluding carboxylic acids is 1. The van der Waals surface area contributed by atoms with Crippen LogP contribution in [0.1, 0.15) is 51.3 Å². The lowest BCUT2D eigenvalue weighted by molar-refractivity contribution is -0.122. The molecule has 6 heteroatoms. The third kappa shape index (κ3) is 4.19. The van der Waals surface area contributed by atoms with E-state index in [0.29, 0.717) is 36.5 Å². The lowest BCUT2D eigenvalue weighted by Crippen LogP contribution is -2.42. The second kappa shape index (κ2) is 8.04. The topological polar surface area (TPSA) is 80.9 Å². The van der Waals surface area contributed by atoms with Crippen molar-refractivity contribution in [1.29, 1.82) is 0 Å². The van der Waals surface area contributed by atoms with Gasteiger partial charge in [-0.3, -0.25) is 9.78 Å². The Hall–Kier alpha value is -2.24. The van der Waals surface area contributed by atoms with Crippen LogP contribution in [-0.4, -0.2) is 27.1 Å². The van der Waals surface area contributed by atoms with Crippen molar-refractivity contribution in [3.05, 3.63) is 30.4 Å². The molecule has 2 atom stereocenters. The minimum atomic E-state index is 0.0732. The van der Waals surface area contributed by atoms with Crippen molar-refractivity contribution in [1.82, 2.24) is 20.4 Å². The molecule has 1 N–H and O–H groups in total. The lowest BCUT2D eigenvalue weighted by Gasteiger charge is -2.31. The van der Waals surface area contributed by atoms with Crippen LogP contribution in [0.5, 0.6) is 0 Å². The van der Waals surface area contributed by atoms with Crippen LogP contribution in [-0.2, 0) is 11.2 Å². The summed E-state index contributed by atoms with van der Waals surface area (Å²) in [6.45, 7) is 2.20. The van der Waals surface area contributed by atoms with Gasteiger partial charge in [-0.25, -0.2) is 0 Å². The standard InChI is InChI=1S/C18H24N4O2/c1-2-13-5-3-4-6-15(13)20-16(23)7-8-17-21-18(22-24-17)14-9-11-19-12-10-14/h9-13,15H,2-8H2,1H3,(H,20,23)/t13-,15+/m1/s1. The summed E-state index contributed by atoms with van der Waals surface area (Å²) in [4.78, 5) is 20.5. The molecular formula is C18H24N4O2. The second-order valence-corrected chi connectivity index (χ2v) is 6.37. The summed E-state index contributed by atoms with van der Waals surface area (Å²) in [5, 5.41) is 7.15. The Balaban J connectivity index is 1.50. The smallest absolute Gasteiger partial charge is 0.227 e. The summed E-state index contributed by atoms with van der Waals surface area (Å²) < 4.78 is 5.24. The molecule has 128 valence electrons. The summed E-state index contributed by atoms with van der Waals surface area (Å²) >= 11 is 0. The number of pyridine rings is 1. The number of nitrogens with one attached hydrogen (secondary N) is 1. The number of aryl methyl sites for hydroxylation is 1. The highest BCUT2D eigenvalue weighted by atomic mass is 16.5. The van der Waals surface area contributed by atoms with Crippen molar-refractivity contribution in [2.45, 2.75) is 57.9 Å². The van der Waals surface area contributed by atoms with Crippen molar-refractivity contribution in [2.75, 3.05) is 0 Å². The molecule has 0 bridgehead atoms. The second-order valence-electron chi connectivity index (χ2n) is 6.37. The highest BCUT2D eigenvalue weighted by Crippen LogP contribution is 2.26. The molecule has 1 aliphatic rings. The zero-order chi connectivity index (χ0) is 16.8. The summed E-state index contributed by atoms with van der Waals surface area (Å²) in [5.74, 6) is 1.71. The summed E-state index contributed by atoms with van der Waals surface area (Å²) in [7, 11) is 0. The largest absolute Gasteiger partial charge is 0.353 e. The maximum Gasteiger partial charge on any atom is 0.227 e. The fourth-order valence-corrected chi connectivity index (χ4v) is 3.36. The molecule has 1 amide bonds. The zero-order valence-electron chi connectivity index (χ0n) is 14.1. The van der Waals surface area contributed by atoms with Gasteiger partial charge in [-0.15, -0.1) is 0 Å². The van der Waals surface area contributed by atoms with E-state index in [9.17, 15) is 4.79 Å². The molecule has 0 unspecified atom stereocenters. The Morgan fingerprint density at radius 2 is 2.08 bits per heavy atom. The lowest BCUT2D eigenvalue weighted by atomic mass is 9.83. The molecule has 0 saturated heterocycles. The van der Waals surface area contributed by atoms with Gasteiger partial charge in [0.2, 0.25) is 17.6 Å². The van der Waals surface area contributed by atoms with Crippen LogP contribution in [0.25, 0.3) is 11.4 Å². The molecular weight excluding hydrogens is 304 g/mol. The van der Waals surface area contributed by atoms with Gasteiger partial charge in [-0.05, 0) is 30.9 Å². The van der Waals surface area contributed by atoms with E-state index in [1.54, 1.807) is 12.4 Å². The fraction of sp³-hybridized carbons (Fsp3) is 0.556. The predicted molar refractivity (Wildman–Crippen MR) is 90.0 cm³/mol. The van der Waals surface area contributed by atoms with Crippen molar-refractivity contribution in [2.24, 2.45) is 5.92 Å². The quantitative estimate of drug-likeness (QED) is 0.881. The number of hydrogen-bond donors (Lipinski definition) is 1. The predicted octanol–water partition coefficient (Wildman–Crippen LogP) is 3.15. The minimum Gasteiger partial charge on any atom is -0.353 e. The van der Waals surface area contributed by atoms with E-state index in [1.807, 2.05) is 12.1 Å². The Kier molecular flexibility index (Phi) is 5.56. The average Bonchev–Trinajstić information content (AvgIpc) is 3.10. The van der Waals surface area contributed by atoms with Crippen LogP contribution >= 0.6 is 0 Å². The number of carbonyl (C=O) groups is 1. The van der Waals surface area contributed by atoms with E-state index in [-0.39, 0.29) is 5.91 Å². The van der Waals surface area contributed by atoms with Gasteiger partial charge in [0.1, 0.15) is 0 Å². The van der Waals surface area contributed by atoms with E-state index >= 15 is 0 Å². The minimum absolute atomic E-state index is 0.0732. The zero-order valence-corrected chi connectivity index (χ0v) is 14.1. The van der Waals surface area contributed by atoms with Crippen molar-refractivity contribution in [3.63, 3.8) is 0 Å². The Morgan fingerprint density at radius 3 is 2.88 bits per heavy atom. The molecule has 2 heterocycles. The highest BCUT2D eigenvalue weighted by Gasteiger charge is 2.25. The van der Waals surface area contributed by atoms with Crippen LogP contribution in [0.4, 0.5) is 0 Å². The fourth-order valence-electron chi connectivity index (χ4n) is 3.36. The number of hydrogen-bond acceptors (Lipinski definition) is 5. The molecule has 2 aromatic heterocycles. The molecule has 2 aromatic rings. The monoisotopic (exact) mass is 328 g/mol. The number of rotatable bonds is 6. The van der Waals surface area contributed by atoms with Crippen LogP contribution in [0.2, 0.25) is 0 Å². The summed E-state index contributed by atoms with van der Waals surface area (Å²) in [6.07, 6.45) is 10.2. The van der Waals surface area contributed by atoms with Gasteiger partial charge in [-0.2, -0.15) is 4.98 Å². The molecule has 1 saturated carbocycles. The van der Waals surface area contributed by atoms with Gasteiger partial charge < -0.3 is 9.84 Å². The normalized spacial score (nSPS) is 20.7. The molecule has 24 heavy (non-hydrogen) atoms. The van der Waals surface area contributed by atoms with Crippen LogP contribution in [0.15, 0.2) is 29.0 Å². The van der Waals surface area contributed by atoms with E-state index in [1.165, 1.54) is 19.3 Å². The molecule has 1 aliphatic carbocycles. The van der Waals surface area contributed by atoms with Crippen LogP contribution in [0.3, 0.4) is 0 Å². The molecule has 6 nitrogen and oxygen atoms in total. The number of nitrogens with zero attached hydrogens (tertiary/aromatic N) is 3. The van der Waals surface area contributed by atoms with Crippen molar-refractivity contribution >= 4 is 5.91 Å². The molecule has 1 fully saturated rings. The SMILES string of the molecule is CC[C@@H]1CCCC[C@@H]1NC(=O)CCc1nc(-c2ccncc2)no1. The van der Waals surface area contributed by atoms with Crippen LogP contribution in [0, 0.1) is 5.92 Å². The first-order valence-corrected chi connectivity index (χ1v) is 8.78. The van der Waals surface area contributed by atoms with Gasteiger partial charge in [0.25, 0.3) is 0 Å². The summed E-state index contributed by atoms with van der Waals surface area (Å²) in [5.41, 5.74) is 0.859. The van der Waals surface area contributed by atoms with Gasteiger partial charge in [0, 0.05) is 36.8 Å². The van der Waals surface area contributed by atoms with Gasteiger partial charge in [0.05, 0.1) is 0 Å². The maximum atomic E-state index is 12.2. The Morgan fingerprint density at radius 1 is 1.29 bits per heavy atom. The summed E-state index contributed by atoms with van der Waals surface area (Å²) in [6, 6.07) is 3.98. The average molecular weight is 328 g/mol. The number of amides is 1. The third-order valence-electron chi connectivity index (χ3n) is 4.75. The van der Waals surface area contributed by atoms with E-state index in [4.69, 9.17) is 4.52 Å². The van der Waals surface area contributed by atoms with E-state index in [0.717, 1.165) is 18.4 Å². The first-order valence-electron chi connectivity index (χ1n) is 8.78. The molecule has 0 spiro atoms. The number of aromatic nitrogens is 3. The van der Waals surface area contributed by atoms with E-state index < -0.39 is 0 Å². The molecule has 3 rings (SSSR count). The van der Waals surface area contributed by atoms with Crippen molar-refractivity contribution in [3.8, 4) is 11.4 Å². The molecule has 0 aliphatic heterocycles. The molecule has 0 aromatic carbocycles. The molecule has 0 radical (unpaired) electrons.